The van der Waals surface area contributed by atoms with E-state index in [1.165, 1.54) is 11.8 Å². The topological polar surface area (TPSA) is 49.3 Å². The second kappa shape index (κ2) is 2.75. The number of carboxylic acids is 1. The maximum Gasteiger partial charge on any atom is 0.327 e. The van der Waals surface area contributed by atoms with Gasteiger partial charge in [-0.3, -0.25) is 0 Å². The lowest BCUT2D eigenvalue weighted by Gasteiger charge is -2.06. The maximum absolute atomic E-state index is 10.4. The van der Waals surface area contributed by atoms with Gasteiger partial charge in [0.1, 0.15) is 10.4 Å². The predicted octanol–water partition coefficient (Wildman–Crippen LogP) is 0.449. The van der Waals surface area contributed by atoms with Gasteiger partial charge in [0.05, 0.1) is 0 Å². The van der Waals surface area contributed by atoms with Crippen molar-refractivity contribution in [2.75, 3.05) is 0 Å². The van der Waals surface area contributed by atoms with E-state index in [9.17, 15) is 4.79 Å². The Morgan fingerprint density at radius 1 is 1.90 bits per heavy atom. The van der Waals surface area contributed by atoms with Crippen LogP contribution in [0.25, 0.3) is 0 Å². The summed E-state index contributed by atoms with van der Waals surface area (Å²) in [6, 6.07) is -0.502. The largest absolute Gasteiger partial charge is 0.480 e. The third-order valence-electron chi connectivity index (χ3n) is 1.30. The van der Waals surface area contributed by atoms with Crippen LogP contribution in [0.2, 0.25) is 0 Å². The molecular weight excluding hydrogens is 170 g/mol. The molecular formula is C5H7NO2S2. The average molecular weight is 177 g/mol. The van der Waals surface area contributed by atoms with Crippen LogP contribution in [-0.4, -0.2) is 26.7 Å². The van der Waals surface area contributed by atoms with Crippen molar-refractivity contribution in [1.82, 2.24) is 5.32 Å². The van der Waals surface area contributed by atoms with Crippen LogP contribution < -0.4 is 5.32 Å². The first-order valence-electron chi connectivity index (χ1n) is 2.81. The molecule has 0 aromatic heterocycles. The Kier molecular flexibility index (Phi) is 2.15. The number of nitrogens with one attached hydrogen (secondary N) is 1. The van der Waals surface area contributed by atoms with Gasteiger partial charge in [-0.15, -0.1) is 0 Å². The molecule has 1 saturated heterocycles. The van der Waals surface area contributed by atoms with Crippen molar-refractivity contribution in [3.05, 3.63) is 0 Å². The van der Waals surface area contributed by atoms with Crippen LogP contribution in [-0.2, 0) is 4.79 Å². The van der Waals surface area contributed by atoms with E-state index < -0.39 is 12.0 Å². The Bertz CT molecular complexity index is 182. The molecule has 1 aliphatic rings. The van der Waals surface area contributed by atoms with E-state index in [0.29, 0.717) is 4.32 Å². The second-order valence-corrected chi connectivity index (χ2v) is 4.12. The second-order valence-electron chi connectivity index (χ2n) is 2.07. The van der Waals surface area contributed by atoms with E-state index in [2.05, 4.69) is 5.32 Å². The van der Waals surface area contributed by atoms with Gasteiger partial charge in [0, 0.05) is 5.25 Å². The molecule has 10 heavy (non-hydrogen) atoms. The van der Waals surface area contributed by atoms with Crippen LogP contribution in [0.3, 0.4) is 0 Å². The number of carboxylic acid groups (broad SMARTS) is 1. The van der Waals surface area contributed by atoms with Gasteiger partial charge in [-0.1, -0.05) is 30.9 Å². The lowest BCUT2D eigenvalue weighted by Crippen LogP contribution is -2.37. The standard InChI is InChI=1S/C5H7NO2S2/c1-2-3(4(7)8)6-5(9)10-2/h2-3H,1H3,(H,6,9)(H,7,8)/t2-,3+/m0/s1. The molecule has 0 saturated carbocycles. The SMILES string of the molecule is C[C@@H]1SC(=S)N[C@H]1C(=O)O. The molecule has 1 rings (SSSR count). The summed E-state index contributed by atoms with van der Waals surface area (Å²) in [4.78, 5) is 10.4. The monoisotopic (exact) mass is 177 g/mol. The molecule has 0 spiro atoms. The number of rotatable bonds is 1. The molecule has 3 nitrogen and oxygen atoms in total. The van der Waals surface area contributed by atoms with E-state index in [4.69, 9.17) is 17.3 Å². The Morgan fingerprint density at radius 2 is 2.50 bits per heavy atom. The molecule has 56 valence electrons. The predicted molar refractivity (Wildman–Crippen MR) is 44.2 cm³/mol. The fraction of sp³-hybridized carbons (Fsp3) is 0.600. The van der Waals surface area contributed by atoms with Crippen molar-refractivity contribution in [2.24, 2.45) is 0 Å². The summed E-state index contributed by atoms with van der Waals surface area (Å²) in [5.74, 6) is -0.833. The maximum atomic E-state index is 10.4. The molecule has 2 N–H and O–H groups in total. The summed E-state index contributed by atoms with van der Waals surface area (Å²) in [6.07, 6.45) is 0. The fourth-order valence-corrected chi connectivity index (χ4v) is 2.21. The first-order chi connectivity index (χ1) is 4.61. The Hall–Kier alpha value is -0.290. The van der Waals surface area contributed by atoms with Gasteiger partial charge in [0.2, 0.25) is 0 Å². The van der Waals surface area contributed by atoms with E-state index >= 15 is 0 Å². The zero-order valence-electron chi connectivity index (χ0n) is 5.33. The third kappa shape index (κ3) is 1.41. The lowest BCUT2D eigenvalue weighted by molar-refractivity contribution is -0.138. The lowest BCUT2D eigenvalue weighted by atomic mass is 10.2. The van der Waals surface area contributed by atoms with Crippen LogP contribution in [0.1, 0.15) is 6.92 Å². The van der Waals surface area contributed by atoms with Crippen LogP contribution in [0, 0.1) is 0 Å². The summed E-state index contributed by atoms with van der Waals surface area (Å²) in [6.45, 7) is 1.84. The highest BCUT2D eigenvalue weighted by atomic mass is 32.2. The molecule has 0 aliphatic carbocycles. The molecule has 0 radical (unpaired) electrons. The van der Waals surface area contributed by atoms with Crippen LogP contribution >= 0.6 is 24.0 Å². The van der Waals surface area contributed by atoms with Crippen molar-refractivity contribution in [3.63, 3.8) is 0 Å². The summed E-state index contributed by atoms with van der Waals surface area (Å²) in [5.41, 5.74) is 0. The number of carbonyl (C=O) groups is 1. The zero-order chi connectivity index (χ0) is 7.72. The molecule has 0 bridgehead atoms. The van der Waals surface area contributed by atoms with Crippen LogP contribution in [0.15, 0.2) is 0 Å². The first-order valence-corrected chi connectivity index (χ1v) is 4.10. The van der Waals surface area contributed by atoms with Crippen molar-refractivity contribution < 1.29 is 9.90 Å². The van der Waals surface area contributed by atoms with Gasteiger partial charge in [-0.05, 0) is 0 Å². The molecule has 1 fully saturated rings. The molecule has 0 unspecified atom stereocenters. The molecule has 0 aromatic carbocycles. The minimum absolute atomic E-state index is 0.0463. The van der Waals surface area contributed by atoms with Crippen molar-refractivity contribution >= 4 is 34.3 Å². The van der Waals surface area contributed by atoms with Crippen LogP contribution in [0.5, 0.6) is 0 Å². The summed E-state index contributed by atoms with van der Waals surface area (Å²) >= 11 is 6.18. The summed E-state index contributed by atoms with van der Waals surface area (Å²) < 4.78 is 0.583. The van der Waals surface area contributed by atoms with Gasteiger partial charge in [-0.25, -0.2) is 4.79 Å². The number of thioether (sulfide) groups is 1. The Balaban J connectivity index is 2.63. The quantitative estimate of drug-likeness (QED) is 0.569. The van der Waals surface area contributed by atoms with Gasteiger partial charge in [-0.2, -0.15) is 0 Å². The van der Waals surface area contributed by atoms with Gasteiger partial charge in [0.25, 0.3) is 0 Å². The number of hydrogen-bond acceptors (Lipinski definition) is 3. The molecule has 1 heterocycles. The van der Waals surface area contributed by atoms with Crippen LogP contribution in [0.4, 0.5) is 0 Å². The summed E-state index contributed by atoms with van der Waals surface area (Å²) in [7, 11) is 0. The molecule has 5 heteroatoms. The van der Waals surface area contributed by atoms with Gasteiger partial charge >= 0.3 is 5.97 Å². The summed E-state index contributed by atoms with van der Waals surface area (Å²) in [5, 5.41) is 11.3. The third-order valence-corrected chi connectivity index (χ3v) is 2.68. The Morgan fingerprint density at radius 3 is 2.70 bits per heavy atom. The molecule has 0 aromatic rings. The van der Waals surface area contributed by atoms with E-state index in [-0.39, 0.29) is 5.25 Å². The highest BCUT2D eigenvalue weighted by Crippen LogP contribution is 2.22. The average Bonchev–Trinajstić information content (AvgIpc) is 2.10. The fourth-order valence-electron chi connectivity index (χ4n) is 0.778. The van der Waals surface area contributed by atoms with Gasteiger partial charge in [0.15, 0.2) is 0 Å². The zero-order valence-corrected chi connectivity index (χ0v) is 6.96. The van der Waals surface area contributed by atoms with E-state index in [1.807, 2.05) is 6.92 Å². The molecule has 2 atom stereocenters. The highest BCUT2D eigenvalue weighted by Gasteiger charge is 2.32. The minimum Gasteiger partial charge on any atom is -0.480 e. The molecule has 1 aliphatic heterocycles. The minimum atomic E-state index is -0.833. The first kappa shape index (κ1) is 7.81. The normalized spacial score (nSPS) is 31.9. The van der Waals surface area contributed by atoms with Crippen molar-refractivity contribution in [1.29, 1.82) is 0 Å². The van der Waals surface area contributed by atoms with Crippen molar-refractivity contribution in [3.8, 4) is 0 Å². The van der Waals surface area contributed by atoms with E-state index in [1.54, 1.807) is 0 Å². The highest BCUT2D eigenvalue weighted by molar-refractivity contribution is 8.23. The molecule has 0 amide bonds. The Labute approximate surface area is 68.2 Å². The number of thiocarbonyl (C=S) groups is 1. The smallest absolute Gasteiger partial charge is 0.327 e. The number of hydrogen-bond donors (Lipinski definition) is 2. The number of aliphatic carboxylic acids is 1. The van der Waals surface area contributed by atoms with E-state index in [0.717, 1.165) is 0 Å². The van der Waals surface area contributed by atoms with Gasteiger partial charge < -0.3 is 10.4 Å². The van der Waals surface area contributed by atoms with Crippen molar-refractivity contribution in [2.45, 2.75) is 18.2 Å².